The zero-order valence-corrected chi connectivity index (χ0v) is 16.6. The van der Waals surface area contributed by atoms with Gasteiger partial charge in [0.05, 0.1) is 10.4 Å². The molecule has 0 unspecified atom stereocenters. The van der Waals surface area contributed by atoms with Crippen LogP contribution in [-0.2, 0) is 6.42 Å². The summed E-state index contributed by atoms with van der Waals surface area (Å²) in [6.07, 6.45) is 4.20. The van der Waals surface area contributed by atoms with Gasteiger partial charge in [0.2, 0.25) is 0 Å². The number of hydrogen-bond donors (Lipinski definition) is 1. The molecule has 0 aliphatic rings. The maximum Gasteiger partial charge on any atom is 0.270 e. The third kappa shape index (κ3) is 3.42. The zero-order chi connectivity index (χ0) is 21.5. The molecule has 2 N–H and O–H groups in total. The standard InChI is InChI=1S/C22H17N7O2/c1-13-8-16(3-2-15(13)9-14-6-7-28-20(10-14)24-12-25-28)22-26-19-5-4-17(29(30)31)11-18(19)21(23)27-22/h2-8,10-12H,9H2,1H3,(H2,23,26,27). The van der Waals surface area contributed by atoms with Crippen molar-refractivity contribution >= 4 is 28.1 Å². The van der Waals surface area contributed by atoms with Crippen molar-refractivity contribution in [3.8, 4) is 11.4 Å². The molecule has 0 atom stereocenters. The number of nitro groups is 1. The lowest BCUT2D eigenvalue weighted by Crippen LogP contribution is -2.00. The van der Waals surface area contributed by atoms with Crippen LogP contribution in [0.5, 0.6) is 0 Å². The highest BCUT2D eigenvalue weighted by atomic mass is 16.6. The number of aromatic nitrogens is 5. The van der Waals surface area contributed by atoms with Crippen molar-refractivity contribution in [2.75, 3.05) is 5.73 Å². The average Bonchev–Trinajstić information content (AvgIpc) is 3.22. The number of pyridine rings is 1. The summed E-state index contributed by atoms with van der Waals surface area (Å²) in [4.78, 5) is 23.7. The first-order chi connectivity index (χ1) is 15.0. The molecular weight excluding hydrogens is 394 g/mol. The van der Waals surface area contributed by atoms with Gasteiger partial charge in [-0.05, 0) is 54.3 Å². The molecule has 0 spiro atoms. The van der Waals surface area contributed by atoms with Gasteiger partial charge in [-0.25, -0.2) is 19.5 Å². The number of anilines is 1. The molecule has 5 rings (SSSR count). The molecule has 0 radical (unpaired) electrons. The van der Waals surface area contributed by atoms with E-state index in [0.29, 0.717) is 16.7 Å². The summed E-state index contributed by atoms with van der Waals surface area (Å²) in [7, 11) is 0. The minimum atomic E-state index is -0.463. The van der Waals surface area contributed by atoms with Gasteiger partial charge >= 0.3 is 0 Å². The first-order valence-electron chi connectivity index (χ1n) is 9.58. The smallest absolute Gasteiger partial charge is 0.270 e. The van der Waals surface area contributed by atoms with Crippen LogP contribution < -0.4 is 5.73 Å². The predicted molar refractivity (Wildman–Crippen MR) is 117 cm³/mol. The van der Waals surface area contributed by atoms with Crippen LogP contribution in [-0.4, -0.2) is 29.5 Å². The van der Waals surface area contributed by atoms with Gasteiger partial charge in [-0.1, -0.05) is 12.1 Å². The molecule has 5 aromatic rings. The topological polar surface area (TPSA) is 125 Å². The summed E-state index contributed by atoms with van der Waals surface area (Å²) in [6.45, 7) is 2.04. The third-order valence-corrected chi connectivity index (χ3v) is 5.26. The highest BCUT2D eigenvalue weighted by Gasteiger charge is 2.13. The Bertz CT molecular complexity index is 1480. The Balaban J connectivity index is 1.48. The molecule has 152 valence electrons. The summed E-state index contributed by atoms with van der Waals surface area (Å²) in [5.74, 6) is 0.699. The molecule has 31 heavy (non-hydrogen) atoms. The first kappa shape index (κ1) is 18.6. The van der Waals surface area contributed by atoms with Crippen LogP contribution in [0.1, 0.15) is 16.7 Å². The third-order valence-electron chi connectivity index (χ3n) is 5.26. The fraction of sp³-hybridized carbons (Fsp3) is 0.0909. The number of fused-ring (bicyclic) bond motifs is 2. The number of benzene rings is 2. The Hall–Kier alpha value is -4.40. The van der Waals surface area contributed by atoms with Crippen molar-refractivity contribution in [3.05, 3.63) is 87.9 Å². The minimum Gasteiger partial charge on any atom is -0.383 e. The number of aryl methyl sites for hydroxylation is 1. The highest BCUT2D eigenvalue weighted by Crippen LogP contribution is 2.28. The van der Waals surface area contributed by atoms with E-state index in [4.69, 9.17) is 5.73 Å². The van der Waals surface area contributed by atoms with E-state index in [0.717, 1.165) is 28.8 Å². The van der Waals surface area contributed by atoms with Gasteiger partial charge in [0.25, 0.3) is 5.69 Å². The van der Waals surface area contributed by atoms with Crippen LogP contribution in [0.3, 0.4) is 0 Å². The monoisotopic (exact) mass is 411 g/mol. The quantitative estimate of drug-likeness (QED) is 0.353. The molecule has 0 aliphatic carbocycles. The Morgan fingerprint density at radius 3 is 2.77 bits per heavy atom. The Morgan fingerprint density at radius 2 is 1.97 bits per heavy atom. The lowest BCUT2D eigenvalue weighted by Gasteiger charge is -2.10. The summed E-state index contributed by atoms with van der Waals surface area (Å²) >= 11 is 0. The summed E-state index contributed by atoms with van der Waals surface area (Å²) in [5, 5.41) is 15.6. The van der Waals surface area contributed by atoms with Crippen LogP contribution in [0.2, 0.25) is 0 Å². The molecule has 0 aliphatic heterocycles. The maximum atomic E-state index is 11.0. The van der Waals surface area contributed by atoms with E-state index in [1.165, 1.54) is 24.0 Å². The molecule has 0 bridgehead atoms. The van der Waals surface area contributed by atoms with Crippen LogP contribution in [0.25, 0.3) is 27.9 Å². The van der Waals surface area contributed by atoms with Gasteiger partial charge in [-0.15, -0.1) is 0 Å². The van der Waals surface area contributed by atoms with Crippen molar-refractivity contribution in [3.63, 3.8) is 0 Å². The number of nitrogens with zero attached hydrogens (tertiary/aromatic N) is 6. The summed E-state index contributed by atoms with van der Waals surface area (Å²) in [5.41, 5.74) is 11.7. The van der Waals surface area contributed by atoms with Gasteiger partial charge in [-0.2, -0.15) is 5.10 Å². The second kappa shape index (κ2) is 7.13. The number of non-ortho nitro benzene ring substituents is 1. The average molecular weight is 411 g/mol. The number of nitrogens with two attached hydrogens (primary N) is 1. The van der Waals surface area contributed by atoms with E-state index in [9.17, 15) is 10.1 Å². The molecule has 3 heterocycles. The van der Waals surface area contributed by atoms with Crippen molar-refractivity contribution < 1.29 is 4.92 Å². The Kier molecular flexibility index (Phi) is 4.28. The normalized spacial score (nSPS) is 11.3. The molecule has 2 aromatic carbocycles. The summed E-state index contributed by atoms with van der Waals surface area (Å²) in [6, 6.07) is 14.5. The van der Waals surface area contributed by atoms with Crippen molar-refractivity contribution in [1.29, 1.82) is 0 Å². The van der Waals surface area contributed by atoms with E-state index in [1.807, 2.05) is 37.4 Å². The number of nitro benzene ring substituents is 1. The van der Waals surface area contributed by atoms with Crippen LogP contribution in [0.15, 0.2) is 61.1 Å². The molecular formula is C22H17N7O2. The largest absolute Gasteiger partial charge is 0.383 e. The fourth-order valence-electron chi connectivity index (χ4n) is 3.60. The van der Waals surface area contributed by atoms with E-state index in [2.05, 4.69) is 26.1 Å². The number of nitrogen functional groups attached to an aromatic ring is 1. The van der Waals surface area contributed by atoms with Gasteiger partial charge < -0.3 is 5.73 Å². The van der Waals surface area contributed by atoms with Crippen LogP contribution >= 0.6 is 0 Å². The second-order valence-corrected chi connectivity index (χ2v) is 7.31. The van der Waals surface area contributed by atoms with E-state index < -0.39 is 4.92 Å². The van der Waals surface area contributed by atoms with Crippen LogP contribution in [0, 0.1) is 17.0 Å². The molecule has 0 saturated carbocycles. The van der Waals surface area contributed by atoms with E-state index in [-0.39, 0.29) is 11.5 Å². The lowest BCUT2D eigenvalue weighted by molar-refractivity contribution is -0.384. The summed E-state index contributed by atoms with van der Waals surface area (Å²) < 4.78 is 1.73. The van der Waals surface area contributed by atoms with Crippen molar-refractivity contribution in [2.24, 2.45) is 0 Å². The number of rotatable bonds is 4. The van der Waals surface area contributed by atoms with E-state index >= 15 is 0 Å². The molecule has 3 aromatic heterocycles. The zero-order valence-electron chi connectivity index (χ0n) is 16.6. The molecule has 0 saturated heterocycles. The highest BCUT2D eigenvalue weighted by molar-refractivity contribution is 5.91. The number of hydrogen-bond acceptors (Lipinski definition) is 7. The second-order valence-electron chi connectivity index (χ2n) is 7.31. The van der Waals surface area contributed by atoms with Crippen molar-refractivity contribution in [2.45, 2.75) is 13.3 Å². The predicted octanol–water partition coefficient (Wildman–Crippen LogP) is 3.73. The van der Waals surface area contributed by atoms with Gasteiger partial charge in [0.1, 0.15) is 12.1 Å². The van der Waals surface area contributed by atoms with Gasteiger partial charge in [-0.3, -0.25) is 10.1 Å². The lowest BCUT2D eigenvalue weighted by atomic mass is 9.98. The van der Waals surface area contributed by atoms with E-state index in [1.54, 1.807) is 10.6 Å². The molecule has 9 nitrogen and oxygen atoms in total. The van der Waals surface area contributed by atoms with Crippen LogP contribution in [0.4, 0.5) is 11.5 Å². The Morgan fingerprint density at radius 1 is 1.10 bits per heavy atom. The molecule has 0 amide bonds. The van der Waals surface area contributed by atoms with Gasteiger partial charge in [0, 0.05) is 29.3 Å². The van der Waals surface area contributed by atoms with Crippen molar-refractivity contribution in [1.82, 2.24) is 24.6 Å². The van der Waals surface area contributed by atoms with Gasteiger partial charge in [0.15, 0.2) is 11.5 Å². The molecule has 9 heteroatoms. The maximum absolute atomic E-state index is 11.0. The first-order valence-corrected chi connectivity index (χ1v) is 9.58. The fourth-order valence-corrected chi connectivity index (χ4v) is 3.60. The SMILES string of the molecule is Cc1cc(-c2nc(N)c3cc([N+](=O)[O-])ccc3n2)ccc1Cc1ccn2ncnc2c1. The molecule has 0 fully saturated rings. The Labute approximate surface area is 176 Å². The minimum absolute atomic E-state index is 0.0416.